The predicted molar refractivity (Wildman–Crippen MR) is 125 cm³/mol. The molecule has 1 aromatic heterocycles. The molecule has 4 rings (SSSR count). The average molecular weight is 444 g/mol. The minimum atomic E-state index is -0.0593. The number of fused-ring (bicyclic) bond motifs is 1. The molecule has 7 heteroatoms. The highest BCUT2D eigenvalue weighted by molar-refractivity contribution is 7.16. The standard InChI is InChI=1S/C23H26ClN3O2S/c1-15(2)27-20-10-9-18(12-21(20)30-23(27)29)25-22(28)17-7-5-11-26(14-17)13-16-6-3-4-8-19(16)24/h3-4,6,8-10,12,15,17H,5,7,11,13-14H2,1-2H3,(H,25,28)/t17-/m0/s1. The fourth-order valence-electron chi connectivity index (χ4n) is 4.13. The van der Waals surface area contributed by atoms with Gasteiger partial charge in [0.15, 0.2) is 0 Å². The summed E-state index contributed by atoms with van der Waals surface area (Å²) in [5, 5.41) is 3.83. The number of halogens is 1. The Balaban J connectivity index is 1.44. The van der Waals surface area contributed by atoms with E-state index in [1.54, 1.807) is 4.57 Å². The van der Waals surface area contributed by atoms with E-state index in [1.807, 2.05) is 56.3 Å². The molecule has 1 aliphatic rings. The maximum absolute atomic E-state index is 12.9. The third-order valence-electron chi connectivity index (χ3n) is 5.63. The van der Waals surface area contributed by atoms with Crippen molar-refractivity contribution >= 4 is 44.7 Å². The van der Waals surface area contributed by atoms with Crippen LogP contribution >= 0.6 is 22.9 Å². The van der Waals surface area contributed by atoms with Crippen LogP contribution in [0.4, 0.5) is 5.69 Å². The van der Waals surface area contributed by atoms with Crippen molar-refractivity contribution in [1.82, 2.24) is 9.47 Å². The Morgan fingerprint density at radius 2 is 2.07 bits per heavy atom. The van der Waals surface area contributed by atoms with E-state index in [1.165, 1.54) is 11.3 Å². The van der Waals surface area contributed by atoms with Gasteiger partial charge in [0.2, 0.25) is 5.91 Å². The van der Waals surface area contributed by atoms with Crippen LogP contribution in [-0.4, -0.2) is 28.5 Å². The SMILES string of the molecule is CC(C)n1c(=O)sc2cc(NC(=O)[C@H]3CCCN(Cc4ccccc4Cl)C3)ccc21. The lowest BCUT2D eigenvalue weighted by atomic mass is 9.96. The van der Waals surface area contributed by atoms with Crippen LogP contribution in [0, 0.1) is 5.92 Å². The molecule has 1 N–H and O–H groups in total. The van der Waals surface area contributed by atoms with E-state index >= 15 is 0 Å². The molecule has 0 radical (unpaired) electrons. The quantitative estimate of drug-likeness (QED) is 0.593. The predicted octanol–water partition coefficient (Wildman–Crippen LogP) is 5.15. The third kappa shape index (κ3) is 4.46. The second-order valence-electron chi connectivity index (χ2n) is 8.17. The zero-order chi connectivity index (χ0) is 21.3. The summed E-state index contributed by atoms with van der Waals surface area (Å²) in [5.41, 5.74) is 2.75. The molecular formula is C23H26ClN3O2S. The van der Waals surface area contributed by atoms with Gasteiger partial charge in [0.1, 0.15) is 0 Å². The molecule has 0 aliphatic carbocycles. The average Bonchev–Trinajstić information content (AvgIpc) is 3.05. The second-order valence-corrected chi connectivity index (χ2v) is 9.57. The lowest BCUT2D eigenvalue weighted by Gasteiger charge is -2.32. The van der Waals surface area contributed by atoms with Crippen molar-refractivity contribution in [1.29, 1.82) is 0 Å². The first-order valence-corrected chi connectivity index (χ1v) is 11.5. The number of thiazole rings is 1. The van der Waals surface area contributed by atoms with Gasteiger partial charge in [-0.2, -0.15) is 0 Å². The van der Waals surface area contributed by atoms with Crippen LogP contribution in [0.2, 0.25) is 5.02 Å². The summed E-state index contributed by atoms with van der Waals surface area (Å²) in [6.45, 7) is 6.45. The zero-order valence-corrected chi connectivity index (χ0v) is 18.8. The number of carbonyl (C=O) groups excluding carboxylic acids is 1. The summed E-state index contributed by atoms with van der Waals surface area (Å²) in [5.74, 6) is -0.0233. The molecule has 3 aromatic rings. The van der Waals surface area contributed by atoms with Gasteiger partial charge in [-0.25, -0.2) is 0 Å². The van der Waals surface area contributed by atoms with Crippen molar-refractivity contribution in [2.24, 2.45) is 5.92 Å². The van der Waals surface area contributed by atoms with Crippen LogP contribution < -0.4 is 10.2 Å². The fourth-order valence-corrected chi connectivity index (χ4v) is 5.38. The fraction of sp³-hybridized carbons (Fsp3) is 0.391. The molecule has 2 aromatic carbocycles. The first-order chi connectivity index (χ1) is 14.4. The van der Waals surface area contributed by atoms with Crippen LogP contribution in [0.1, 0.15) is 38.3 Å². The summed E-state index contributed by atoms with van der Waals surface area (Å²) in [4.78, 5) is 27.5. The minimum absolute atomic E-state index is 0.0333. The van der Waals surface area contributed by atoms with Gasteiger partial charge in [0.25, 0.3) is 0 Å². The van der Waals surface area contributed by atoms with Crippen LogP contribution in [-0.2, 0) is 11.3 Å². The lowest BCUT2D eigenvalue weighted by molar-refractivity contribution is -0.121. The van der Waals surface area contributed by atoms with E-state index in [9.17, 15) is 9.59 Å². The maximum Gasteiger partial charge on any atom is 0.308 e. The number of amides is 1. The second kappa shape index (κ2) is 8.92. The molecule has 1 aliphatic heterocycles. The summed E-state index contributed by atoms with van der Waals surface area (Å²) >= 11 is 7.52. The molecule has 2 heterocycles. The van der Waals surface area contributed by atoms with E-state index in [4.69, 9.17) is 11.6 Å². The molecule has 0 spiro atoms. The number of nitrogens with one attached hydrogen (secondary N) is 1. The molecule has 1 atom stereocenters. The van der Waals surface area contributed by atoms with Gasteiger partial charge >= 0.3 is 4.87 Å². The van der Waals surface area contributed by atoms with Crippen molar-refractivity contribution in [3.8, 4) is 0 Å². The largest absolute Gasteiger partial charge is 0.326 e. The highest BCUT2D eigenvalue weighted by Gasteiger charge is 2.26. The van der Waals surface area contributed by atoms with Gasteiger partial charge < -0.3 is 5.32 Å². The van der Waals surface area contributed by atoms with E-state index in [0.717, 1.165) is 59.0 Å². The Kier molecular flexibility index (Phi) is 6.27. The Bertz CT molecular complexity index is 1120. The first-order valence-electron chi connectivity index (χ1n) is 10.3. The van der Waals surface area contributed by atoms with Gasteiger partial charge in [-0.3, -0.25) is 19.1 Å². The van der Waals surface area contributed by atoms with Crippen molar-refractivity contribution < 1.29 is 4.79 Å². The van der Waals surface area contributed by atoms with E-state index in [0.29, 0.717) is 0 Å². The third-order valence-corrected chi connectivity index (χ3v) is 6.91. The van der Waals surface area contributed by atoms with E-state index in [-0.39, 0.29) is 22.7 Å². The molecule has 0 bridgehead atoms. The number of nitrogens with zero attached hydrogens (tertiary/aromatic N) is 2. The highest BCUT2D eigenvalue weighted by Crippen LogP contribution is 2.26. The summed E-state index contributed by atoms with van der Waals surface area (Å²) in [7, 11) is 0. The Labute approximate surface area is 185 Å². The van der Waals surface area contributed by atoms with Crippen molar-refractivity contribution in [3.63, 3.8) is 0 Å². The Morgan fingerprint density at radius 3 is 2.83 bits per heavy atom. The molecule has 158 valence electrons. The normalized spacial score (nSPS) is 17.5. The van der Waals surface area contributed by atoms with Crippen LogP contribution in [0.3, 0.4) is 0 Å². The molecule has 0 unspecified atom stereocenters. The van der Waals surface area contributed by atoms with Crippen molar-refractivity contribution in [3.05, 3.63) is 62.7 Å². The Morgan fingerprint density at radius 1 is 1.27 bits per heavy atom. The van der Waals surface area contributed by atoms with E-state index < -0.39 is 0 Å². The minimum Gasteiger partial charge on any atom is -0.326 e. The molecule has 1 fully saturated rings. The van der Waals surface area contributed by atoms with Crippen molar-refractivity contribution in [2.45, 2.75) is 39.3 Å². The molecular weight excluding hydrogens is 418 g/mol. The van der Waals surface area contributed by atoms with Gasteiger partial charge in [0, 0.05) is 29.8 Å². The smallest absolute Gasteiger partial charge is 0.308 e. The molecule has 5 nitrogen and oxygen atoms in total. The Hall–Kier alpha value is -2.15. The van der Waals surface area contributed by atoms with Gasteiger partial charge in [-0.15, -0.1) is 0 Å². The first kappa shape index (κ1) is 21.1. The number of aromatic nitrogens is 1. The molecule has 1 saturated heterocycles. The van der Waals surface area contributed by atoms with Crippen LogP contribution in [0.25, 0.3) is 10.2 Å². The lowest BCUT2D eigenvalue weighted by Crippen LogP contribution is -2.40. The highest BCUT2D eigenvalue weighted by atomic mass is 35.5. The van der Waals surface area contributed by atoms with Crippen LogP contribution in [0.15, 0.2) is 47.3 Å². The number of rotatable bonds is 5. The van der Waals surface area contributed by atoms with Gasteiger partial charge in [-0.1, -0.05) is 41.1 Å². The topological polar surface area (TPSA) is 54.3 Å². The van der Waals surface area contributed by atoms with Crippen molar-refractivity contribution in [2.75, 3.05) is 18.4 Å². The number of likely N-dealkylation sites (tertiary alicyclic amines) is 1. The number of hydrogen-bond donors (Lipinski definition) is 1. The number of piperidine rings is 1. The summed E-state index contributed by atoms with van der Waals surface area (Å²) in [6, 6.07) is 13.7. The summed E-state index contributed by atoms with van der Waals surface area (Å²) < 4.78 is 2.69. The number of benzene rings is 2. The monoisotopic (exact) mass is 443 g/mol. The van der Waals surface area contributed by atoms with Crippen LogP contribution in [0.5, 0.6) is 0 Å². The summed E-state index contributed by atoms with van der Waals surface area (Å²) in [6.07, 6.45) is 1.87. The molecule has 0 saturated carbocycles. The zero-order valence-electron chi connectivity index (χ0n) is 17.2. The molecule has 1 amide bonds. The van der Waals surface area contributed by atoms with E-state index in [2.05, 4.69) is 10.2 Å². The maximum atomic E-state index is 12.9. The number of anilines is 1. The number of carbonyl (C=O) groups is 1. The molecule has 30 heavy (non-hydrogen) atoms. The van der Waals surface area contributed by atoms with Gasteiger partial charge in [-0.05, 0) is 63.1 Å². The van der Waals surface area contributed by atoms with Gasteiger partial charge in [0.05, 0.1) is 16.1 Å². The number of hydrogen-bond acceptors (Lipinski definition) is 4.